The van der Waals surface area contributed by atoms with E-state index in [9.17, 15) is 0 Å². The molecule has 112 valence electrons. The highest BCUT2D eigenvalue weighted by atomic mass is 32.2. The van der Waals surface area contributed by atoms with Gasteiger partial charge in [-0.3, -0.25) is 4.98 Å². The summed E-state index contributed by atoms with van der Waals surface area (Å²) in [6.45, 7) is 4.33. The molecule has 3 aromatic rings. The number of thioether (sulfide) groups is 1. The molecule has 1 aromatic heterocycles. The predicted molar refractivity (Wildman–Crippen MR) is 97.2 cm³/mol. The third-order valence-electron chi connectivity index (χ3n) is 3.61. The first-order chi connectivity index (χ1) is 10.8. The van der Waals surface area contributed by atoms with Crippen molar-refractivity contribution >= 4 is 34.0 Å². The van der Waals surface area contributed by atoms with Crippen molar-refractivity contribution < 1.29 is 0 Å². The van der Waals surface area contributed by atoms with Crippen LogP contribution in [0.3, 0.4) is 0 Å². The standard InChI is InChI=1S/C19H20N2S/c1-3-12-22-18-13-20-17-11-7-5-9-15(17)19(18)21-16-10-6-4-8-14(16)2/h4-11,13H,3,12H2,1-2H3,(H,20,21). The number of hydrogen-bond acceptors (Lipinski definition) is 3. The van der Waals surface area contributed by atoms with Crippen molar-refractivity contribution in [3.8, 4) is 0 Å². The van der Waals surface area contributed by atoms with Gasteiger partial charge in [-0.1, -0.05) is 43.3 Å². The van der Waals surface area contributed by atoms with Crippen LogP contribution in [0.2, 0.25) is 0 Å². The Balaban J connectivity index is 2.09. The summed E-state index contributed by atoms with van der Waals surface area (Å²) in [4.78, 5) is 5.81. The van der Waals surface area contributed by atoms with Crippen LogP contribution >= 0.6 is 11.8 Å². The number of rotatable bonds is 5. The fraction of sp³-hybridized carbons (Fsp3) is 0.211. The van der Waals surface area contributed by atoms with E-state index in [0.717, 1.165) is 23.4 Å². The molecule has 2 aromatic carbocycles. The Morgan fingerprint density at radius 3 is 2.64 bits per heavy atom. The van der Waals surface area contributed by atoms with E-state index >= 15 is 0 Å². The third-order valence-corrected chi connectivity index (χ3v) is 4.84. The van der Waals surface area contributed by atoms with E-state index in [4.69, 9.17) is 0 Å². The molecule has 0 fully saturated rings. The van der Waals surface area contributed by atoms with Gasteiger partial charge in [0.15, 0.2) is 0 Å². The SMILES string of the molecule is CCCSc1cnc2ccccc2c1Nc1ccccc1C. The van der Waals surface area contributed by atoms with Crippen molar-refractivity contribution in [2.75, 3.05) is 11.1 Å². The molecular weight excluding hydrogens is 288 g/mol. The fourth-order valence-corrected chi connectivity index (χ4v) is 3.28. The van der Waals surface area contributed by atoms with Gasteiger partial charge in [-0.05, 0) is 36.8 Å². The number of aromatic nitrogens is 1. The zero-order valence-corrected chi connectivity index (χ0v) is 13.8. The molecule has 0 bridgehead atoms. The van der Waals surface area contributed by atoms with E-state index in [1.165, 1.54) is 21.5 Å². The highest BCUT2D eigenvalue weighted by molar-refractivity contribution is 7.99. The van der Waals surface area contributed by atoms with Crippen LogP contribution in [0.1, 0.15) is 18.9 Å². The molecule has 0 saturated heterocycles. The summed E-state index contributed by atoms with van der Waals surface area (Å²) in [5.74, 6) is 1.10. The van der Waals surface area contributed by atoms with Gasteiger partial charge in [0.25, 0.3) is 0 Å². The maximum atomic E-state index is 4.60. The molecule has 22 heavy (non-hydrogen) atoms. The summed E-state index contributed by atoms with van der Waals surface area (Å²) in [6, 6.07) is 16.7. The van der Waals surface area contributed by atoms with Crippen molar-refractivity contribution in [2.45, 2.75) is 25.2 Å². The summed E-state index contributed by atoms with van der Waals surface area (Å²) in [5.41, 5.74) is 4.59. The van der Waals surface area contributed by atoms with Gasteiger partial charge in [0.2, 0.25) is 0 Å². The van der Waals surface area contributed by atoms with Crippen molar-refractivity contribution in [3.05, 3.63) is 60.3 Å². The largest absolute Gasteiger partial charge is 0.354 e. The third kappa shape index (κ3) is 3.09. The van der Waals surface area contributed by atoms with Crippen LogP contribution in [0, 0.1) is 6.92 Å². The van der Waals surface area contributed by atoms with E-state index in [0.29, 0.717) is 0 Å². The second-order valence-electron chi connectivity index (χ2n) is 5.30. The first-order valence-electron chi connectivity index (χ1n) is 7.63. The van der Waals surface area contributed by atoms with E-state index in [2.05, 4.69) is 66.6 Å². The molecule has 0 aliphatic rings. The number of nitrogens with one attached hydrogen (secondary N) is 1. The molecule has 0 atom stereocenters. The minimum Gasteiger partial charge on any atom is -0.354 e. The molecule has 2 nitrogen and oxygen atoms in total. The summed E-state index contributed by atoms with van der Waals surface area (Å²) in [7, 11) is 0. The monoisotopic (exact) mass is 308 g/mol. The Morgan fingerprint density at radius 2 is 1.82 bits per heavy atom. The van der Waals surface area contributed by atoms with Crippen LogP contribution in [0.15, 0.2) is 59.6 Å². The first kappa shape index (κ1) is 14.9. The van der Waals surface area contributed by atoms with Gasteiger partial charge in [0.05, 0.1) is 11.2 Å². The van der Waals surface area contributed by atoms with Crippen LogP contribution < -0.4 is 5.32 Å². The highest BCUT2D eigenvalue weighted by Gasteiger charge is 2.10. The van der Waals surface area contributed by atoms with E-state index < -0.39 is 0 Å². The predicted octanol–water partition coefficient (Wildman–Crippen LogP) is 5.79. The molecule has 0 radical (unpaired) electrons. The number of fused-ring (bicyclic) bond motifs is 1. The molecule has 3 rings (SSSR count). The number of anilines is 2. The van der Waals surface area contributed by atoms with Gasteiger partial charge in [-0.2, -0.15) is 0 Å². The van der Waals surface area contributed by atoms with Gasteiger partial charge in [0, 0.05) is 22.2 Å². The molecule has 0 amide bonds. The molecule has 0 aliphatic carbocycles. The fourth-order valence-electron chi connectivity index (χ4n) is 2.42. The second kappa shape index (κ2) is 6.84. The van der Waals surface area contributed by atoms with E-state index in [-0.39, 0.29) is 0 Å². The Morgan fingerprint density at radius 1 is 1.05 bits per heavy atom. The molecule has 0 spiro atoms. The van der Waals surface area contributed by atoms with Crippen molar-refractivity contribution in [1.29, 1.82) is 0 Å². The Bertz CT molecular complexity index is 783. The van der Waals surface area contributed by atoms with Crippen LogP contribution in [0.5, 0.6) is 0 Å². The van der Waals surface area contributed by atoms with Crippen LogP contribution in [0.4, 0.5) is 11.4 Å². The van der Waals surface area contributed by atoms with Gasteiger partial charge < -0.3 is 5.32 Å². The Hall–Kier alpha value is -2.00. The van der Waals surface area contributed by atoms with E-state index in [1.54, 1.807) is 0 Å². The lowest BCUT2D eigenvalue weighted by Crippen LogP contribution is -1.97. The Labute approximate surface area is 136 Å². The molecular formula is C19H20N2S. The number of hydrogen-bond donors (Lipinski definition) is 1. The maximum absolute atomic E-state index is 4.60. The maximum Gasteiger partial charge on any atom is 0.0723 e. The van der Waals surface area contributed by atoms with Gasteiger partial charge in [-0.15, -0.1) is 11.8 Å². The quantitative estimate of drug-likeness (QED) is 0.604. The lowest BCUT2D eigenvalue weighted by molar-refractivity contribution is 1.10. The summed E-state index contributed by atoms with van der Waals surface area (Å²) < 4.78 is 0. The topological polar surface area (TPSA) is 24.9 Å². The lowest BCUT2D eigenvalue weighted by Gasteiger charge is -2.15. The number of benzene rings is 2. The number of aryl methyl sites for hydroxylation is 1. The molecule has 0 saturated carbocycles. The van der Waals surface area contributed by atoms with Gasteiger partial charge in [0.1, 0.15) is 0 Å². The van der Waals surface area contributed by atoms with Gasteiger partial charge >= 0.3 is 0 Å². The molecule has 0 aliphatic heterocycles. The normalized spacial score (nSPS) is 10.8. The van der Waals surface area contributed by atoms with Crippen molar-refractivity contribution in [3.63, 3.8) is 0 Å². The number of pyridine rings is 1. The van der Waals surface area contributed by atoms with Crippen molar-refractivity contribution in [2.24, 2.45) is 0 Å². The molecule has 1 N–H and O–H groups in total. The average Bonchev–Trinajstić information content (AvgIpc) is 2.56. The summed E-state index contributed by atoms with van der Waals surface area (Å²) >= 11 is 1.86. The van der Waals surface area contributed by atoms with Crippen molar-refractivity contribution in [1.82, 2.24) is 4.98 Å². The highest BCUT2D eigenvalue weighted by Crippen LogP contribution is 2.35. The minimum atomic E-state index is 1.03. The minimum absolute atomic E-state index is 1.03. The second-order valence-corrected chi connectivity index (χ2v) is 6.44. The molecule has 1 heterocycles. The number of nitrogens with zero attached hydrogens (tertiary/aromatic N) is 1. The van der Waals surface area contributed by atoms with Crippen LogP contribution in [-0.2, 0) is 0 Å². The zero-order chi connectivity index (χ0) is 15.4. The smallest absolute Gasteiger partial charge is 0.0723 e. The van der Waals surface area contributed by atoms with E-state index in [1.807, 2.05) is 24.0 Å². The zero-order valence-electron chi connectivity index (χ0n) is 13.0. The molecule has 0 unspecified atom stereocenters. The van der Waals surface area contributed by atoms with Gasteiger partial charge in [-0.25, -0.2) is 0 Å². The average molecular weight is 308 g/mol. The lowest BCUT2D eigenvalue weighted by atomic mass is 10.1. The van der Waals surface area contributed by atoms with Crippen LogP contribution in [0.25, 0.3) is 10.9 Å². The number of para-hydroxylation sites is 2. The first-order valence-corrected chi connectivity index (χ1v) is 8.61. The Kier molecular flexibility index (Phi) is 4.64. The molecule has 3 heteroatoms. The van der Waals surface area contributed by atoms with Crippen LogP contribution in [-0.4, -0.2) is 10.7 Å². The summed E-state index contributed by atoms with van der Waals surface area (Å²) in [6.07, 6.45) is 3.14. The summed E-state index contributed by atoms with van der Waals surface area (Å²) in [5, 5.41) is 4.80.